The number of hydrogen-bond donors (Lipinski definition) is 1. The molecule has 0 aliphatic carbocycles. The predicted octanol–water partition coefficient (Wildman–Crippen LogP) is 1.87. The Labute approximate surface area is 84.1 Å². The predicted molar refractivity (Wildman–Crippen MR) is 54.7 cm³/mol. The van der Waals surface area contributed by atoms with Gasteiger partial charge >= 0.3 is 0 Å². The van der Waals surface area contributed by atoms with Gasteiger partial charge in [-0.2, -0.15) is 0 Å². The van der Waals surface area contributed by atoms with Crippen LogP contribution in [-0.4, -0.2) is 20.3 Å². The molecule has 0 aliphatic rings. The highest BCUT2D eigenvalue weighted by Gasteiger charge is 1.98. The van der Waals surface area contributed by atoms with Crippen molar-refractivity contribution in [1.82, 2.24) is 5.32 Å². The molecule has 1 aromatic rings. The summed E-state index contributed by atoms with van der Waals surface area (Å²) >= 11 is 0. The number of ether oxygens (including phenoxy) is 1. The summed E-state index contributed by atoms with van der Waals surface area (Å²) in [5.74, 6) is -0.178. The Kier molecular flexibility index (Phi) is 4.56. The Hall–Kier alpha value is -0.930. The standard InChI is InChI=1S/C11H16FNO/c1-9-7-11(12)4-3-10(9)8-13-5-6-14-2/h3-4,7,13H,5-6,8H2,1-2H3. The van der Waals surface area contributed by atoms with Gasteiger partial charge in [0.05, 0.1) is 6.61 Å². The molecule has 3 heteroatoms. The normalized spacial score (nSPS) is 10.5. The van der Waals surface area contributed by atoms with E-state index in [0.29, 0.717) is 6.61 Å². The Bertz CT molecular complexity index is 289. The zero-order chi connectivity index (χ0) is 10.4. The van der Waals surface area contributed by atoms with Crippen LogP contribution >= 0.6 is 0 Å². The minimum absolute atomic E-state index is 0.178. The van der Waals surface area contributed by atoms with Crippen LogP contribution < -0.4 is 5.32 Å². The lowest BCUT2D eigenvalue weighted by Crippen LogP contribution is -2.19. The molecule has 1 aromatic carbocycles. The molecule has 0 spiro atoms. The second-order valence-corrected chi connectivity index (χ2v) is 3.24. The van der Waals surface area contributed by atoms with Gasteiger partial charge in [-0.25, -0.2) is 4.39 Å². The van der Waals surface area contributed by atoms with Crippen molar-refractivity contribution in [3.8, 4) is 0 Å². The summed E-state index contributed by atoms with van der Waals surface area (Å²) in [5.41, 5.74) is 2.11. The SMILES string of the molecule is COCCNCc1ccc(F)cc1C. The van der Waals surface area contributed by atoms with Gasteiger partial charge < -0.3 is 10.1 Å². The fraction of sp³-hybridized carbons (Fsp3) is 0.455. The van der Waals surface area contributed by atoms with Gasteiger partial charge in [-0.15, -0.1) is 0 Å². The zero-order valence-corrected chi connectivity index (χ0v) is 8.64. The molecule has 1 N–H and O–H groups in total. The highest BCUT2D eigenvalue weighted by Crippen LogP contribution is 2.09. The van der Waals surface area contributed by atoms with E-state index in [1.54, 1.807) is 13.2 Å². The Morgan fingerprint density at radius 2 is 2.21 bits per heavy atom. The highest BCUT2D eigenvalue weighted by atomic mass is 19.1. The monoisotopic (exact) mass is 197 g/mol. The average Bonchev–Trinajstić information content (AvgIpc) is 2.15. The molecule has 0 radical (unpaired) electrons. The van der Waals surface area contributed by atoms with Crippen LogP contribution in [0.2, 0.25) is 0 Å². The smallest absolute Gasteiger partial charge is 0.123 e. The minimum atomic E-state index is -0.178. The van der Waals surface area contributed by atoms with E-state index >= 15 is 0 Å². The van der Waals surface area contributed by atoms with Crippen LogP contribution in [-0.2, 0) is 11.3 Å². The van der Waals surface area contributed by atoms with Crippen molar-refractivity contribution in [2.75, 3.05) is 20.3 Å². The van der Waals surface area contributed by atoms with Crippen molar-refractivity contribution in [1.29, 1.82) is 0 Å². The molecule has 0 bridgehead atoms. The van der Waals surface area contributed by atoms with E-state index in [0.717, 1.165) is 24.2 Å². The quantitative estimate of drug-likeness (QED) is 0.728. The largest absolute Gasteiger partial charge is 0.383 e. The molecule has 0 unspecified atom stereocenters. The van der Waals surface area contributed by atoms with Crippen LogP contribution in [0, 0.1) is 12.7 Å². The summed E-state index contributed by atoms with van der Waals surface area (Å²) < 4.78 is 17.7. The van der Waals surface area contributed by atoms with Gasteiger partial charge in [-0.1, -0.05) is 6.07 Å². The molecule has 0 saturated heterocycles. The summed E-state index contributed by atoms with van der Waals surface area (Å²) in [5, 5.41) is 3.22. The van der Waals surface area contributed by atoms with Crippen molar-refractivity contribution < 1.29 is 9.13 Å². The maximum Gasteiger partial charge on any atom is 0.123 e. The molecule has 0 saturated carbocycles. The van der Waals surface area contributed by atoms with Crippen molar-refractivity contribution in [2.24, 2.45) is 0 Å². The number of methoxy groups -OCH3 is 1. The number of benzene rings is 1. The Balaban J connectivity index is 2.42. The fourth-order valence-corrected chi connectivity index (χ4v) is 1.25. The van der Waals surface area contributed by atoms with E-state index in [1.165, 1.54) is 6.07 Å². The molecule has 0 fully saturated rings. The van der Waals surface area contributed by atoms with Crippen LogP contribution in [0.4, 0.5) is 4.39 Å². The zero-order valence-electron chi connectivity index (χ0n) is 8.64. The minimum Gasteiger partial charge on any atom is -0.383 e. The van der Waals surface area contributed by atoms with Gasteiger partial charge in [0, 0.05) is 20.2 Å². The van der Waals surface area contributed by atoms with Crippen LogP contribution in [0.3, 0.4) is 0 Å². The fourth-order valence-electron chi connectivity index (χ4n) is 1.25. The number of aryl methyl sites for hydroxylation is 1. The van der Waals surface area contributed by atoms with Gasteiger partial charge in [0.2, 0.25) is 0 Å². The van der Waals surface area contributed by atoms with Gasteiger partial charge in [0.1, 0.15) is 5.82 Å². The molecule has 0 aliphatic heterocycles. The lowest BCUT2D eigenvalue weighted by atomic mass is 10.1. The average molecular weight is 197 g/mol. The molecule has 0 atom stereocenters. The van der Waals surface area contributed by atoms with E-state index < -0.39 is 0 Å². The molecule has 2 nitrogen and oxygen atoms in total. The first kappa shape index (κ1) is 11.1. The van der Waals surface area contributed by atoms with Crippen molar-refractivity contribution >= 4 is 0 Å². The van der Waals surface area contributed by atoms with Gasteiger partial charge in [-0.05, 0) is 30.2 Å². The maximum absolute atomic E-state index is 12.8. The summed E-state index contributed by atoms with van der Waals surface area (Å²) in [6, 6.07) is 4.85. The molecular formula is C11H16FNO. The Morgan fingerprint density at radius 1 is 1.43 bits per heavy atom. The molecule has 14 heavy (non-hydrogen) atoms. The maximum atomic E-state index is 12.8. The van der Waals surface area contributed by atoms with Crippen LogP contribution in [0.5, 0.6) is 0 Å². The van der Waals surface area contributed by atoms with Crippen LogP contribution in [0.1, 0.15) is 11.1 Å². The van der Waals surface area contributed by atoms with E-state index in [-0.39, 0.29) is 5.82 Å². The van der Waals surface area contributed by atoms with Crippen molar-refractivity contribution in [3.05, 3.63) is 35.1 Å². The number of rotatable bonds is 5. The summed E-state index contributed by atoms with van der Waals surface area (Å²) in [7, 11) is 1.67. The number of halogens is 1. The molecule has 1 rings (SSSR count). The first-order valence-electron chi connectivity index (χ1n) is 4.68. The molecular weight excluding hydrogens is 181 g/mol. The third-order valence-corrected chi connectivity index (χ3v) is 2.10. The van der Waals surface area contributed by atoms with Gasteiger partial charge in [0.15, 0.2) is 0 Å². The van der Waals surface area contributed by atoms with Crippen molar-refractivity contribution in [3.63, 3.8) is 0 Å². The van der Waals surface area contributed by atoms with E-state index in [2.05, 4.69) is 5.32 Å². The second kappa shape index (κ2) is 5.73. The van der Waals surface area contributed by atoms with Gasteiger partial charge in [-0.3, -0.25) is 0 Å². The number of hydrogen-bond acceptors (Lipinski definition) is 2. The first-order valence-corrected chi connectivity index (χ1v) is 4.68. The second-order valence-electron chi connectivity index (χ2n) is 3.24. The molecule has 0 amide bonds. The van der Waals surface area contributed by atoms with Crippen LogP contribution in [0.25, 0.3) is 0 Å². The van der Waals surface area contributed by atoms with Crippen LogP contribution in [0.15, 0.2) is 18.2 Å². The topological polar surface area (TPSA) is 21.3 Å². The summed E-state index contributed by atoms with van der Waals surface area (Å²) in [4.78, 5) is 0. The van der Waals surface area contributed by atoms with E-state index in [9.17, 15) is 4.39 Å². The third kappa shape index (κ3) is 3.44. The van der Waals surface area contributed by atoms with E-state index in [1.807, 2.05) is 13.0 Å². The molecule has 0 heterocycles. The molecule has 0 aromatic heterocycles. The third-order valence-electron chi connectivity index (χ3n) is 2.10. The summed E-state index contributed by atoms with van der Waals surface area (Å²) in [6.07, 6.45) is 0. The molecule has 78 valence electrons. The first-order chi connectivity index (χ1) is 6.74. The van der Waals surface area contributed by atoms with E-state index in [4.69, 9.17) is 4.74 Å². The van der Waals surface area contributed by atoms with Gasteiger partial charge in [0.25, 0.3) is 0 Å². The lowest BCUT2D eigenvalue weighted by molar-refractivity contribution is 0.199. The van der Waals surface area contributed by atoms with Crippen molar-refractivity contribution in [2.45, 2.75) is 13.5 Å². The lowest BCUT2D eigenvalue weighted by Gasteiger charge is -2.07. The Morgan fingerprint density at radius 3 is 2.86 bits per heavy atom. The summed E-state index contributed by atoms with van der Waals surface area (Å²) in [6.45, 7) is 4.18. The number of nitrogens with one attached hydrogen (secondary N) is 1. The highest BCUT2D eigenvalue weighted by molar-refractivity contribution is 5.26.